The summed E-state index contributed by atoms with van der Waals surface area (Å²) in [6.07, 6.45) is -4.94. The van der Waals surface area contributed by atoms with E-state index in [1.807, 2.05) is 0 Å². The summed E-state index contributed by atoms with van der Waals surface area (Å²) in [5.74, 6) is 0. The van der Waals surface area contributed by atoms with E-state index in [9.17, 15) is 15.3 Å². The number of aliphatic hydroxyl groups is 4. The average Bonchev–Trinajstić information content (AvgIpc) is 2.08. The molecule has 0 aromatic heterocycles. The summed E-state index contributed by atoms with van der Waals surface area (Å²) in [5, 5.41) is 36.4. The van der Waals surface area contributed by atoms with Crippen LogP contribution in [0.5, 0.6) is 0 Å². The van der Waals surface area contributed by atoms with Crippen LogP contribution in [0.25, 0.3) is 0 Å². The molecule has 72 valence electrons. The Hall–Kier alpha value is -0.200. The molecule has 1 rings (SSSR count). The van der Waals surface area contributed by atoms with Crippen LogP contribution in [0.2, 0.25) is 0 Å². The fraction of sp³-hybridized carbons (Fsp3) is 1.00. The van der Waals surface area contributed by atoms with Crippen molar-refractivity contribution in [3.63, 3.8) is 0 Å². The minimum absolute atomic E-state index is 0.366. The van der Waals surface area contributed by atoms with Crippen molar-refractivity contribution in [2.24, 2.45) is 0 Å². The Bertz CT molecular complexity index is 146. The number of hydrogen-bond donors (Lipinski definition) is 4. The molecule has 5 heteroatoms. The van der Waals surface area contributed by atoms with Gasteiger partial charge >= 0.3 is 0 Å². The van der Waals surface area contributed by atoms with Crippen LogP contribution >= 0.6 is 0 Å². The number of aliphatic hydroxyl groups excluding tert-OH is 4. The molecule has 0 radical (unpaired) electrons. The van der Waals surface area contributed by atoms with Crippen LogP contribution in [-0.2, 0) is 4.74 Å². The Balaban J connectivity index is 2.63. The molecule has 0 amide bonds. The van der Waals surface area contributed by atoms with Gasteiger partial charge in [0.15, 0.2) is 0 Å². The van der Waals surface area contributed by atoms with Crippen molar-refractivity contribution in [2.45, 2.75) is 37.4 Å². The maximum atomic E-state index is 9.23. The zero-order valence-electron chi connectivity index (χ0n) is 6.79. The molecule has 3 unspecified atom stereocenters. The van der Waals surface area contributed by atoms with Crippen LogP contribution in [0.4, 0.5) is 0 Å². The van der Waals surface area contributed by atoms with Gasteiger partial charge in [-0.3, -0.25) is 0 Å². The second-order valence-electron chi connectivity index (χ2n) is 3.03. The first-order valence-corrected chi connectivity index (χ1v) is 3.88. The van der Waals surface area contributed by atoms with Crippen LogP contribution in [0.15, 0.2) is 0 Å². The molecule has 1 saturated heterocycles. The first-order chi connectivity index (χ1) is 5.57. The maximum Gasteiger partial charge on any atom is 0.111 e. The highest BCUT2D eigenvalue weighted by atomic mass is 16.5. The molecule has 0 saturated carbocycles. The molecular formula is C7H14O5. The largest absolute Gasteiger partial charge is 0.394 e. The van der Waals surface area contributed by atoms with Gasteiger partial charge in [0.05, 0.1) is 12.7 Å². The standard InChI is InChI=1S/C7H14O5/c1-3-5(9)7(11)6(10)4(2-8)12-3/h3-11H,2H2,1H3/t3?,4?,5?,6-,7+/m0/s1. The van der Waals surface area contributed by atoms with Crippen LogP contribution in [0.3, 0.4) is 0 Å². The highest BCUT2D eigenvalue weighted by Gasteiger charge is 2.41. The molecule has 12 heavy (non-hydrogen) atoms. The molecule has 5 nitrogen and oxygen atoms in total. The van der Waals surface area contributed by atoms with E-state index in [0.717, 1.165) is 0 Å². The van der Waals surface area contributed by atoms with Gasteiger partial charge in [0.25, 0.3) is 0 Å². The fourth-order valence-electron chi connectivity index (χ4n) is 1.29. The first-order valence-electron chi connectivity index (χ1n) is 3.88. The molecule has 4 N–H and O–H groups in total. The van der Waals surface area contributed by atoms with Crippen molar-refractivity contribution in [1.82, 2.24) is 0 Å². The van der Waals surface area contributed by atoms with Crippen molar-refractivity contribution in [2.75, 3.05) is 6.61 Å². The number of ether oxygens (including phenoxy) is 1. The third kappa shape index (κ3) is 1.60. The first kappa shape index (κ1) is 9.88. The summed E-state index contributed by atoms with van der Waals surface area (Å²) in [6.45, 7) is 1.21. The zero-order valence-corrected chi connectivity index (χ0v) is 6.79. The van der Waals surface area contributed by atoms with E-state index in [-0.39, 0.29) is 6.61 Å². The summed E-state index contributed by atoms with van der Waals surface area (Å²) >= 11 is 0. The van der Waals surface area contributed by atoms with E-state index in [1.54, 1.807) is 6.92 Å². The minimum atomic E-state index is -1.24. The van der Waals surface area contributed by atoms with Gasteiger partial charge in [-0.2, -0.15) is 0 Å². The van der Waals surface area contributed by atoms with Crippen molar-refractivity contribution in [1.29, 1.82) is 0 Å². The maximum absolute atomic E-state index is 9.23. The monoisotopic (exact) mass is 178 g/mol. The minimum Gasteiger partial charge on any atom is -0.394 e. The van der Waals surface area contributed by atoms with Gasteiger partial charge in [-0.05, 0) is 6.92 Å². The van der Waals surface area contributed by atoms with Gasteiger partial charge in [0.1, 0.15) is 24.4 Å². The summed E-state index contributed by atoms with van der Waals surface area (Å²) in [5.41, 5.74) is 0. The molecule has 1 aliphatic rings. The van der Waals surface area contributed by atoms with E-state index in [1.165, 1.54) is 0 Å². The Morgan fingerprint density at radius 1 is 1.08 bits per heavy atom. The molecule has 0 aliphatic carbocycles. The van der Waals surface area contributed by atoms with Crippen molar-refractivity contribution in [3.8, 4) is 0 Å². The highest BCUT2D eigenvalue weighted by molar-refractivity contribution is 4.89. The van der Waals surface area contributed by atoms with E-state index in [2.05, 4.69) is 0 Å². The molecule has 0 aromatic carbocycles. The molecule has 0 aromatic rings. The summed E-state index contributed by atoms with van der Waals surface area (Å²) in [4.78, 5) is 0. The van der Waals surface area contributed by atoms with Crippen molar-refractivity contribution < 1.29 is 25.2 Å². The molecule has 1 fully saturated rings. The zero-order chi connectivity index (χ0) is 9.30. The third-order valence-electron chi connectivity index (χ3n) is 2.13. The summed E-state index contributed by atoms with van der Waals surface area (Å²) < 4.78 is 5.02. The van der Waals surface area contributed by atoms with Gasteiger partial charge in [-0.1, -0.05) is 0 Å². The second kappa shape index (κ2) is 3.68. The predicted molar refractivity (Wildman–Crippen MR) is 39.4 cm³/mol. The molecule has 1 aliphatic heterocycles. The van der Waals surface area contributed by atoms with Crippen LogP contribution < -0.4 is 0 Å². The van der Waals surface area contributed by atoms with Gasteiger partial charge in [-0.15, -0.1) is 0 Å². The molecular weight excluding hydrogens is 164 g/mol. The normalized spacial score (nSPS) is 49.2. The van der Waals surface area contributed by atoms with E-state index in [4.69, 9.17) is 9.84 Å². The Labute approximate surface area is 70.2 Å². The molecule has 1 heterocycles. The fourth-order valence-corrected chi connectivity index (χ4v) is 1.29. The Kier molecular flexibility index (Phi) is 3.03. The van der Waals surface area contributed by atoms with E-state index in [0.29, 0.717) is 0 Å². The van der Waals surface area contributed by atoms with Crippen LogP contribution in [-0.4, -0.2) is 57.6 Å². The molecule has 0 bridgehead atoms. The van der Waals surface area contributed by atoms with Crippen LogP contribution in [0, 0.1) is 0 Å². The van der Waals surface area contributed by atoms with Gasteiger partial charge in [-0.25, -0.2) is 0 Å². The lowest BCUT2D eigenvalue weighted by Crippen LogP contribution is -2.57. The number of rotatable bonds is 1. The topological polar surface area (TPSA) is 90.2 Å². The van der Waals surface area contributed by atoms with E-state index >= 15 is 0 Å². The average molecular weight is 178 g/mol. The Morgan fingerprint density at radius 3 is 2.17 bits per heavy atom. The smallest absolute Gasteiger partial charge is 0.111 e. The number of hydrogen-bond acceptors (Lipinski definition) is 5. The summed E-state index contributed by atoms with van der Waals surface area (Å²) in [7, 11) is 0. The van der Waals surface area contributed by atoms with Crippen molar-refractivity contribution in [3.05, 3.63) is 0 Å². The van der Waals surface area contributed by atoms with Gasteiger partial charge < -0.3 is 25.2 Å². The third-order valence-corrected chi connectivity index (χ3v) is 2.13. The molecule has 0 spiro atoms. The van der Waals surface area contributed by atoms with E-state index < -0.39 is 30.5 Å². The van der Waals surface area contributed by atoms with Crippen molar-refractivity contribution >= 4 is 0 Å². The Morgan fingerprint density at radius 2 is 1.67 bits per heavy atom. The lowest BCUT2D eigenvalue weighted by atomic mass is 9.96. The van der Waals surface area contributed by atoms with Gasteiger partial charge in [0, 0.05) is 0 Å². The SMILES string of the molecule is CC1OC(CO)[C@H](O)[C@H](O)C1O. The predicted octanol–water partition coefficient (Wildman–Crippen LogP) is -2.15. The summed E-state index contributed by atoms with van der Waals surface area (Å²) in [6, 6.07) is 0. The quantitative estimate of drug-likeness (QED) is 0.367. The van der Waals surface area contributed by atoms with Crippen LogP contribution in [0.1, 0.15) is 6.92 Å². The lowest BCUT2D eigenvalue weighted by molar-refractivity contribution is -0.224. The van der Waals surface area contributed by atoms with Gasteiger partial charge in [0.2, 0.25) is 0 Å². The highest BCUT2D eigenvalue weighted by Crippen LogP contribution is 2.20. The molecule has 5 atom stereocenters. The lowest BCUT2D eigenvalue weighted by Gasteiger charge is -2.38. The second-order valence-corrected chi connectivity index (χ2v) is 3.03.